The van der Waals surface area contributed by atoms with Crippen LogP contribution in [0.3, 0.4) is 0 Å². The molecule has 0 bridgehead atoms. The zero-order valence-electron chi connectivity index (χ0n) is 13.9. The maximum atomic E-state index is 12.7. The van der Waals surface area contributed by atoms with Gasteiger partial charge in [0.05, 0.1) is 33.4 Å². The minimum atomic E-state index is -0.400. The van der Waals surface area contributed by atoms with Crippen LogP contribution in [0.25, 0.3) is 10.9 Å². The predicted molar refractivity (Wildman–Crippen MR) is 106 cm³/mol. The lowest BCUT2D eigenvalue weighted by atomic mass is 10.0. The molecule has 0 radical (unpaired) electrons. The molecule has 3 rings (SSSR count). The van der Waals surface area contributed by atoms with Gasteiger partial charge >= 0.3 is 0 Å². The van der Waals surface area contributed by atoms with Crippen LogP contribution in [-0.4, -0.2) is 18.0 Å². The summed E-state index contributed by atoms with van der Waals surface area (Å²) in [5, 5.41) is 4.27. The summed E-state index contributed by atoms with van der Waals surface area (Å²) in [5.74, 6) is -0.0888. The van der Waals surface area contributed by atoms with E-state index >= 15 is 0 Å². The Balaban J connectivity index is 2.05. The predicted octanol–water partition coefficient (Wildman–Crippen LogP) is 5.68. The Morgan fingerprint density at radius 3 is 2.50 bits per heavy atom. The summed E-state index contributed by atoms with van der Waals surface area (Å²) in [6.07, 6.45) is 1.71. The van der Waals surface area contributed by atoms with Gasteiger partial charge in [0, 0.05) is 30.1 Å². The first-order valence-electron chi connectivity index (χ1n) is 7.76. The highest BCUT2D eigenvalue weighted by atomic mass is 35.5. The number of para-hydroxylation sites is 1. The van der Waals surface area contributed by atoms with E-state index in [0.29, 0.717) is 23.7 Å². The lowest BCUT2D eigenvalue weighted by molar-refractivity contribution is 0.102. The molecule has 0 aliphatic rings. The molecule has 0 spiro atoms. The van der Waals surface area contributed by atoms with Gasteiger partial charge in [0.1, 0.15) is 0 Å². The van der Waals surface area contributed by atoms with Gasteiger partial charge in [-0.2, -0.15) is 0 Å². The lowest BCUT2D eigenvalue weighted by Gasteiger charge is -2.14. The van der Waals surface area contributed by atoms with Crippen molar-refractivity contribution < 1.29 is 9.53 Å². The molecule has 0 aliphatic heterocycles. The smallest absolute Gasteiger partial charge is 0.258 e. The number of ether oxygens (including phenoxy) is 1. The number of rotatable bonds is 5. The average Bonchev–Trinajstić information content (AvgIpc) is 2.62. The number of hydrogen-bond acceptors (Lipinski definition) is 3. The summed E-state index contributed by atoms with van der Waals surface area (Å²) < 4.78 is 5.20. The van der Waals surface area contributed by atoms with E-state index < -0.39 is 5.91 Å². The number of alkyl halides is 1. The number of carbonyl (C=O) groups is 1. The third-order valence-electron chi connectivity index (χ3n) is 3.97. The van der Waals surface area contributed by atoms with E-state index in [4.69, 9.17) is 39.5 Å². The number of fused-ring (bicyclic) bond motifs is 1. The third-order valence-corrected chi connectivity index (χ3v) is 4.87. The highest BCUT2D eigenvalue weighted by Gasteiger charge is 2.17. The van der Waals surface area contributed by atoms with Crippen LogP contribution in [0, 0.1) is 0 Å². The monoisotopic (exact) mass is 408 g/mol. The van der Waals surface area contributed by atoms with E-state index in [1.54, 1.807) is 37.6 Å². The van der Waals surface area contributed by atoms with Crippen LogP contribution < -0.4 is 5.32 Å². The van der Waals surface area contributed by atoms with Crippen molar-refractivity contribution in [1.82, 2.24) is 4.98 Å². The normalized spacial score (nSPS) is 10.9. The van der Waals surface area contributed by atoms with Crippen LogP contribution in [-0.2, 0) is 17.2 Å². The lowest BCUT2D eigenvalue weighted by Crippen LogP contribution is -2.14. The van der Waals surface area contributed by atoms with E-state index in [1.165, 1.54) is 0 Å². The molecule has 1 heterocycles. The van der Waals surface area contributed by atoms with E-state index in [1.807, 2.05) is 12.1 Å². The Hall–Kier alpha value is -1.85. The molecule has 1 amide bonds. The summed E-state index contributed by atoms with van der Waals surface area (Å²) in [7, 11) is 1.62. The molecule has 0 aliphatic carbocycles. The van der Waals surface area contributed by atoms with E-state index in [2.05, 4.69) is 10.3 Å². The standard InChI is InChI=1S/C19H15Cl3N2O2/c1-26-10-11-9-23-18-12(13(11)8-20)4-2-7-16(18)24-19(25)17-14(21)5-3-6-15(17)22/h2-7,9H,8,10H2,1H3,(H,24,25). The summed E-state index contributed by atoms with van der Waals surface area (Å²) in [5.41, 5.74) is 3.25. The van der Waals surface area contributed by atoms with E-state index in [9.17, 15) is 4.79 Å². The molecule has 1 aromatic heterocycles. The molecule has 134 valence electrons. The zero-order chi connectivity index (χ0) is 18.7. The molecule has 7 heteroatoms. The number of carbonyl (C=O) groups excluding carboxylic acids is 1. The zero-order valence-corrected chi connectivity index (χ0v) is 16.1. The van der Waals surface area contributed by atoms with Gasteiger partial charge in [0.2, 0.25) is 0 Å². The van der Waals surface area contributed by atoms with Gasteiger partial charge in [0.25, 0.3) is 5.91 Å². The number of methoxy groups -OCH3 is 1. The maximum absolute atomic E-state index is 12.7. The van der Waals surface area contributed by atoms with Crippen molar-refractivity contribution in [3.8, 4) is 0 Å². The van der Waals surface area contributed by atoms with Crippen molar-refractivity contribution >= 4 is 57.3 Å². The van der Waals surface area contributed by atoms with Crippen molar-refractivity contribution in [2.75, 3.05) is 12.4 Å². The Bertz CT molecular complexity index is 956. The van der Waals surface area contributed by atoms with Gasteiger partial charge in [-0.1, -0.05) is 41.4 Å². The first kappa shape index (κ1) is 18.9. The van der Waals surface area contributed by atoms with E-state index in [0.717, 1.165) is 16.5 Å². The number of nitrogens with zero attached hydrogens (tertiary/aromatic N) is 1. The Kier molecular flexibility index (Phi) is 5.99. The van der Waals surface area contributed by atoms with Gasteiger partial charge in [-0.05, 0) is 23.8 Å². The van der Waals surface area contributed by atoms with Gasteiger partial charge in [-0.15, -0.1) is 11.6 Å². The number of amides is 1. The molecule has 0 unspecified atom stereocenters. The number of pyridine rings is 1. The molecule has 4 nitrogen and oxygen atoms in total. The second kappa shape index (κ2) is 8.23. The van der Waals surface area contributed by atoms with Gasteiger partial charge in [0.15, 0.2) is 0 Å². The van der Waals surface area contributed by atoms with Crippen molar-refractivity contribution in [1.29, 1.82) is 0 Å². The van der Waals surface area contributed by atoms with Crippen molar-refractivity contribution in [3.63, 3.8) is 0 Å². The van der Waals surface area contributed by atoms with Gasteiger partial charge < -0.3 is 10.1 Å². The quantitative estimate of drug-likeness (QED) is 0.552. The molecule has 3 aromatic rings. The molecule has 0 atom stereocenters. The summed E-state index contributed by atoms with van der Waals surface area (Å²) in [6.45, 7) is 0.414. The van der Waals surface area contributed by atoms with Gasteiger partial charge in [-0.25, -0.2) is 0 Å². The van der Waals surface area contributed by atoms with Crippen molar-refractivity contribution in [2.45, 2.75) is 12.5 Å². The fourth-order valence-corrected chi connectivity index (χ4v) is 3.64. The molecular weight excluding hydrogens is 395 g/mol. The number of aromatic nitrogens is 1. The molecule has 26 heavy (non-hydrogen) atoms. The summed E-state index contributed by atoms with van der Waals surface area (Å²) in [6, 6.07) is 10.4. The number of nitrogens with one attached hydrogen (secondary N) is 1. The first-order chi connectivity index (χ1) is 12.6. The SMILES string of the molecule is COCc1cnc2c(NC(=O)c3c(Cl)cccc3Cl)cccc2c1CCl. The fraction of sp³-hybridized carbons (Fsp3) is 0.158. The van der Waals surface area contributed by atoms with Crippen LogP contribution in [0.15, 0.2) is 42.6 Å². The van der Waals surface area contributed by atoms with Crippen LogP contribution in [0.4, 0.5) is 5.69 Å². The Labute approximate surface area is 166 Å². The molecule has 0 saturated heterocycles. The second-order valence-corrected chi connectivity index (χ2v) is 6.66. The number of hydrogen-bond donors (Lipinski definition) is 1. The highest BCUT2D eigenvalue weighted by Crippen LogP contribution is 2.30. The molecule has 0 saturated carbocycles. The van der Waals surface area contributed by atoms with Crippen LogP contribution >= 0.6 is 34.8 Å². The largest absolute Gasteiger partial charge is 0.380 e. The Morgan fingerprint density at radius 2 is 1.85 bits per heavy atom. The van der Waals surface area contributed by atoms with Crippen LogP contribution in [0.2, 0.25) is 10.0 Å². The van der Waals surface area contributed by atoms with Crippen LogP contribution in [0.1, 0.15) is 21.5 Å². The number of benzene rings is 2. The molecular formula is C19H15Cl3N2O2. The van der Waals surface area contributed by atoms with Crippen LogP contribution in [0.5, 0.6) is 0 Å². The minimum Gasteiger partial charge on any atom is -0.380 e. The molecule has 2 aromatic carbocycles. The molecule has 0 fully saturated rings. The van der Waals surface area contributed by atoms with Crippen molar-refractivity contribution in [2.24, 2.45) is 0 Å². The second-order valence-electron chi connectivity index (χ2n) is 5.58. The maximum Gasteiger partial charge on any atom is 0.258 e. The first-order valence-corrected chi connectivity index (χ1v) is 9.05. The summed E-state index contributed by atoms with van der Waals surface area (Å²) >= 11 is 18.4. The number of halogens is 3. The third kappa shape index (κ3) is 3.64. The molecule has 1 N–H and O–H groups in total. The topological polar surface area (TPSA) is 51.2 Å². The minimum absolute atomic E-state index is 0.224. The Morgan fingerprint density at radius 1 is 1.15 bits per heavy atom. The van der Waals surface area contributed by atoms with Crippen molar-refractivity contribution in [3.05, 3.63) is 69.3 Å². The summed E-state index contributed by atoms with van der Waals surface area (Å²) in [4.78, 5) is 17.2. The van der Waals surface area contributed by atoms with Gasteiger partial charge in [-0.3, -0.25) is 9.78 Å². The van der Waals surface area contributed by atoms with E-state index in [-0.39, 0.29) is 15.6 Å². The number of anilines is 1. The fourth-order valence-electron chi connectivity index (χ4n) is 2.76. The highest BCUT2D eigenvalue weighted by molar-refractivity contribution is 6.40. The average molecular weight is 410 g/mol.